The lowest BCUT2D eigenvalue weighted by atomic mass is 10.3. The van der Waals surface area contributed by atoms with E-state index in [-0.39, 0.29) is 6.10 Å². The zero-order valence-electron chi connectivity index (χ0n) is 6.29. The molecular weight excluding hydrogens is 128 g/mol. The van der Waals surface area contributed by atoms with Crippen LogP contribution in [-0.4, -0.2) is 16.6 Å². The quantitative estimate of drug-likeness (QED) is 0.691. The highest BCUT2D eigenvalue weighted by Gasteiger charge is 2.03. The Balaban J connectivity index is 2.50. The van der Waals surface area contributed by atoms with Crippen molar-refractivity contribution in [2.75, 3.05) is 6.61 Å². The lowest BCUT2D eigenvalue weighted by molar-refractivity contribution is 0.0737. The maximum absolute atomic E-state index is 5.31. The van der Waals surface area contributed by atoms with Gasteiger partial charge in [-0.2, -0.15) is 0 Å². The van der Waals surface area contributed by atoms with Crippen LogP contribution in [0.25, 0.3) is 0 Å². The summed E-state index contributed by atoms with van der Waals surface area (Å²) in [6.07, 6.45) is 3.57. The first kappa shape index (κ1) is 7.28. The van der Waals surface area contributed by atoms with Crippen LogP contribution < -0.4 is 0 Å². The molecule has 0 saturated carbocycles. The molecule has 0 bridgehead atoms. The summed E-state index contributed by atoms with van der Waals surface area (Å²) in [4.78, 5) is 6.88. The molecule has 56 valence electrons. The Bertz CT molecular complexity index is 172. The van der Waals surface area contributed by atoms with Crippen molar-refractivity contribution in [1.82, 2.24) is 9.97 Å². The summed E-state index contributed by atoms with van der Waals surface area (Å²) < 4.78 is 5.31. The first-order valence-electron chi connectivity index (χ1n) is 3.44. The highest BCUT2D eigenvalue weighted by Crippen LogP contribution is 2.11. The van der Waals surface area contributed by atoms with Crippen molar-refractivity contribution >= 4 is 0 Å². The van der Waals surface area contributed by atoms with Crippen LogP contribution in [0, 0.1) is 0 Å². The van der Waals surface area contributed by atoms with Gasteiger partial charge in [-0.15, -0.1) is 0 Å². The van der Waals surface area contributed by atoms with E-state index in [1.807, 2.05) is 13.8 Å². The van der Waals surface area contributed by atoms with Gasteiger partial charge in [-0.3, -0.25) is 0 Å². The van der Waals surface area contributed by atoms with Crippen molar-refractivity contribution in [2.45, 2.75) is 20.0 Å². The SMILES string of the molecule is CCOC(C)c1cnc[nH]1. The molecule has 0 fully saturated rings. The van der Waals surface area contributed by atoms with Gasteiger partial charge in [0, 0.05) is 6.61 Å². The third-order valence-electron chi connectivity index (χ3n) is 1.37. The number of hydrogen-bond donors (Lipinski definition) is 1. The van der Waals surface area contributed by atoms with Crippen LogP contribution >= 0.6 is 0 Å². The Morgan fingerprint density at radius 2 is 2.60 bits per heavy atom. The van der Waals surface area contributed by atoms with Gasteiger partial charge in [-0.25, -0.2) is 4.98 Å². The lowest BCUT2D eigenvalue weighted by Gasteiger charge is -2.07. The fraction of sp³-hybridized carbons (Fsp3) is 0.571. The minimum atomic E-state index is 0.132. The molecule has 0 aliphatic heterocycles. The third kappa shape index (κ3) is 1.57. The van der Waals surface area contributed by atoms with E-state index < -0.39 is 0 Å². The van der Waals surface area contributed by atoms with Gasteiger partial charge < -0.3 is 9.72 Å². The van der Waals surface area contributed by atoms with Crippen LogP contribution in [0.4, 0.5) is 0 Å². The Morgan fingerprint density at radius 3 is 3.10 bits per heavy atom. The number of hydrogen-bond acceptors (Lipinski definition) is 2. The largest absolute Gasteiger partial charge is 0.373 e. The molecule has 1 N–H and O–H groups in total. The first-order valence-corrected chi connectivity index (χ1v) is 3.44. The maximum Gasteiger partial charge on any atom is 0.0960 e. The standard InChI is InChI=1S/C7H12N2O/c1-3-10-6(2)7-4-8-5-9-7/h4-6H,3H2,1-2H3,(H,8,9). The number of nitrogens with zero attached hydrogens (tertiary/aromatic N) is 1. The number of H-pyrrole nitrogens is 1. The van der Waals surface area contributed by atoms with Gasteiger partial charge in [-0.1, -0.05) is 0 Å². The van der Waals surface area contributed by atoms with Crippen LogP contribution in [0.2, 0.25) is 0 Å². The summed E-state index contributed by atoms with van der Waals surface area (Å²) in [7, 11) is 0. The molecule has 1 aromatic heterocycles. The molecule has 1 heterocycles. The molecule has 3 nitrogen and oxygen atoms in total. The molecule has 0 aliphatic rings. The van der Waals surface area contributed by atoms with Gasteiger partial charge in [-0.05, 0) is 13.8 Å². The second kappa shape index (κ2) is 3.37. The van der Waals surface area contributed by atoms with Crippen molar-refractivity contribution in [2.24, 2.45) is 0 Å². The number of aromatic amines is 1. The molecule has 10 heavy (non-hydrogen) atoms. The molecule has 3 heteroatoms. The highest BCUT2D eigenvalue weighted by atomic mass is 16.5. The van der Waals surface area contributed by atoms with Gasteiger partial charge in [0.05, 0.1) is 24.3 Å². The number of ether oxygens (including phenoxy) is 1. The van der Waals surface area contributed by atoms with Crippen molar-refractivity contribution in [3.8, 4) is 0 Å². The third-order valence-corrected chi connectivity index (χ3v) is 1.37. The fourth-order valence-corrected chi connectivity index (χ4v) is 0.829. The van der Waals surface area contributed by atoms with E-state index in [0.717, 1.165) is 12.3 Å². The Kier molecular flexibility index (Phi) is 2.45. The van der Waals surface area contributed by atoms with Crippen LogP contribution in [0.5, 0.6) is 0 Å². The summed E-state index contributed by atoms with van der Waals surface area (Å²) >= 11 is 0. The van der Waals surface area contributed by atoms with E-state index in [4.69, 9.17) is 4.74 Å². The Labute approximate surface area is 60.4 Å². The number of imidazole rings is 1. The van der Waals surface area contributed by atoms with Crippen LogP contribution in [0.15, 0.2) is 12.5 Å². The molecule has 0 spiro atoms. The molecule has 0 aliphatic carbocycles. The molecule has 0 amide bonds. The van der Waals surface area contributed by atoms with Crippen LogP contribution in [0.3, 0.4) is 0 Å². The van der Waals surface area contributed by atoms with E-state index in [9.17, 15) is 0 Å². The molecule has 1 aromatic rings. The normalized spacial score (nSPS) is 13.4. The number of nitrogens with one attached hydrogen (secondary N) is 1. The van der Waals surface area contributed by atoms with E-state index in [2.05, 4.69) is 9.97 Å². The van der Waals surface area contributed by atoms with Crippen LogP contribution in [0.1, 0.15) is 25.6 Å². The average Bonchev–Trinajstić information content (AvgIpc) is 2.38. The van der Waals surface area contributed by atoms with Gasteiger partial charge in [0.1, 0.15) is 0 Å². The minimum Gasteiger partial charge on any atom is -0.373 e. The average molecular weight is 140 g/mol. The molecule has 1 rings (SSSR count). The molecule has 0 radical (unpaired) electrons. The summed E-state index contributed by atoms with van der Waals surface area (Å²) in [5, 5.41) is 0. The Hall–Kier alpha value is -0.830. The summed E-state index contributed by atoms with van der Waals surface area (Å²) in [6.45, 7) is 4.71. The monoisotopic (exact) mass is 140 g/mol. The smallest absolute Gasteiger partial charge is 0.0960 e. The first-order chi connectivity index (χ1) is 4.84. The Morgan fingerprint density at radius 1 is 1.80 bits per heavy atom. The molecule has 0 aromatic carbocycles. The number of rotatable bonds is 3. The summed E-state index contributed by atoms with van der Waals surface area (Å²) in [5.41, 5.74) is 1.03. The topological polar surface area (TPSA) is 37.9 Å². The maximum atomic E-state index is 5.31. The van der Waals surface area contributed by atoms with E-state index in [1.165, 1.54) is 0 Å². The predicted octanol–water partition coefficient (Wildman–Crippen LogP) is 1.51. The van der Waals surface area contributed by atoms with E-state index >= 15 is 0 Å². The van der Waals surface area contributed by atoms with Crippen molar-refractivity contribution in [3.05, 3.63) is 18.2 Å². The summed E-state index contributed by atoms with van der Waals surface area (Å²) in [5.74, 6) is 0. The van der Waals surface area contributed by atoms with E-state index in [1.54, 1.807) is 12.5 Å². The summed E-state index contributed by atoms with van der Waals surface area (Å²) in [6, 6.07) is 0. The second-order valence-corrected chi connectivity index (χ2v) is 2.10. The van der Waals surface area contributed by atoms with Crippen molar-refractivity contribution in [3.63, 3.8) is 0 Å². The van der Waals surface area contributed by atoms with Gasteiger partial charge in [0.25, 0.3) is 0 Å². The second-order valence-electron chi connectivity index (χ2n) is 2.10. The lowest BCUT2D eigenvalue weighted by Crippen LogP contribution is -1.98. The molecule has 0 saturated heterocycles. The molecular formula is C7H12N2O. The predicted molar refractivity (Wildman–Crippen MR) is 38.6 cm³/mol. The van der Waals surface area contributed by atoms with Gasteiger partial charge >= 0.3 is 0 Å². The number of aromatic nitrogens is 2. The molecule has 1 unspecified atom stereocenters. The minimum absolute atomic E-state index is 0.132. The zero-order chi connectivity index (χ0) is 7.40. The molecule has 1 atom stereocenters. The van der Waals surface area contributed by atoms with Gasteiger partial charge in [0.15, 0.2) is 0 Å². The van der Waals surface area contributed by atoms with Crippen molar-refractivity contribution in [1.29, 1.82) is 0 Å². The highest BCUT2D eigenvalue weighted by molar-refractivity contribution is 4.97. The van der Waals surface area contributed by atoms with Crippen molar-refractivity contribution < 1.29 is 4.74 Å². The van der Waals surface area contributed by atoms with E-state index in [0.29, 0.717) is 0 Å². The fourth-order valence-electron chi connectivity index (χ4n) is 0.829. The van der Waals surface area contributed by atoms with Gasteiger partial charge in [0.2, 0.25) is 0 Å². The van der Waals surface area contributed by atoms with Crippen LogP contribution in [-0.2, 0) is 4.74 Å². The zero-order valence-corrected chi connectivity index (χ0v) is 6.29.